The smallest absolute Gasteiger partial charge is 0.224 e. The van der Waals surface area contributed by atoms with Gasteiger partial charge in [-0.3, -0.25) is 14.8 Å². The van der Waals surface area contributed by atoms with Crippen LogP contribution in [0, 0.1) is 6.92 Å². The first kappa shape index (κ1) is 23.6. The molecule has 0 spiro atoms. The summed E-state index contributed by atoms with van der Waals surface area (Å²) >= 11 is 1.51. The molecule has 0 saturated carbocycles. The number of amides is 1. The number of nitrogens with one attached hydrogen (secondary N) is 3. The lowest BCUT2D eigenvalue weighted by atomic mass is 10.2. The molecule has 1 unspecified atom stereocenters. The summed E-state index contributed by atoms with van der Waals surface area (Å²) in [6, 6.07) is 12.4. The Balaban J connectivity index is 1.36. The molecular weight excluding hydrogens is 460 g/mol. The summed E-state index contributed by atoms with van der Waals surface area (Å²) in [5.74, 6) is 2.39. The van der Waals surface area contributed by atoms with Crippen molar-refractivity contribution in [2.24, 2.45) is 0 Å². The zero-order chi connectivity index (χ0) is 24.2. The van der Waals surface area contributed by atoms with Gasteiger partial charge in [0.1, 0.15) is 11.6 Å². The minimum atomic E-state index is 0.00334. The van der Waals surface area contributed by atoms with Crippen LogP contribution < -0.4 is 15.5 Å². The monoisotopic (exact) mass is 492 g/mol. The second-order valence-corrected chi connectivity index (χ2v) is 10.2. The Labute approximate surface area is 210 Å². The summed E-state index contributed by atoms with van der Waals surface area (Å²) in [4.78, 5) is 27.4. The van der Waals surface area contributed by atoms with E-state index in [9.17, 15) is 4.79 Å². The van der Waals surface area contributed by atoms with Crippen LogP contribution in [0.25, 0.3) is 0 Å². The lowest BCUT2D eigenvalue weighted by molar-refractivity contribution is -0.115. The fraction of sp³-hybridized carbons (Fsp3) is 0.440. The van der Waals surface area contributed by atoms with E-state index in [1.165, 1.54) is 44.1 Å². The number of aryl methyl sites for hydroxylation is 1. The number of hydrogen-bond acceptors (Lipinski definition) is 8. The maximum absolute atomic E-state index is 11.7. The number of anilines is 4. The molecule has 5 rings (SSSR count). The lowest BCUT2D eigenvalue weighted by Crippen LogP contribution is -2.35. The Hall–Kier alpha value is -3.11. The summed E-state index contributed by atoms with van der Waals surface area (Å²) in [5.41, 5.74) is 1.77. The largest absolute Gasteiger partial charge is 0.355 e. The summed E-state index contributed by atoms with van der Waals surface area (Å²) in [5, 5.41) is 14.1. The third kappa shape index (κ3) is 5.94. The second-order valence-electron chi connectivity index (χ2n) is 9.11. The van der Waals surface area contributed by atoms with Crippen LogP contribution in [0.5, 0.6) is 0 Å². The van der Waals surface area contributed by atoms with Crippen LogP contribution in [0.4, 0.5) is 23.1 Å². The molecule has 184 valence electrons. The third-order valence-electron chi connectivity index (χ3n) is 6.47. The molecule has 0 bridgehead atoms. The molecule has 1 atom stereocenters. The van der Waals surface area contributed by atoms with Crippen molar-refractivity contribution in [1.29, 1.82) is 0 Å². The topological polar surface area (TPSA) is 102 Å². The molecule has 10 heteroatoms. The highest BCUT2D eigenvalue weighted by Crippen LogP contribution is 2.31. The first-order valence-corrected chi connectivity index (χ1v) is 13.1. The number of carbonyl (C=O) groups excluding carboxylic acids is 1. The molecule has 9 nitrogen and oxygen atoms in total. The molecule has 4 heterocycles. The third-order valence-corrected chi connectivity index (χ3v) is 7.34. The van der Waals surface area contributed by atoms with Crippen LogP contribution in [0.1, 0.15) is 38.3 Å². The number of carbonyl (C=O) groups is 1. The summed E-state index contributed by atoms with van der Waals surface area (Å²) in [6.07, 6.45) is 4.24. The van der Waals surface area contributed by atoms with Gasteiger partial charge in [0, 0.05) is 54.0 Å². The fourth-order valence-electron chi connectivity index (χ4n) is 4.61. The van der Waals surface area contributed by atoms with Gasteiger partial charge in [-0.05, 0) is 75.3 Å². The average molecular weight is 493 g/mol. The average Bonchev–Trinajstić information content (AvgIpc) is 3.62. The van der Waals surface area contributed by atoms with E-state index in [2.05, 4.69) is 30.6 Å². The molecule has 1 aromatic carbocycles. The van der Waals surface area contributed by atoms with Crippen LogP contribution in [-0.4, -0.2) is 63.2 Å². The summed E-state index contributed by atoms with van der Waals surface area (Å²) in [7, 11) is 0. The standard InChI is InChI=1S/C25H32N8OS/c1-3-24(34)26-18-6-8-20(9-7-18)35-25-28-21(27-22-14-17(2)30-31-22)15-23(29-25)33-13-10-19(16-33)32-11-4-5-12-32/h6-9,14-15,19H,3-5,10-13,16H2,1-2H3,(H,26,34)(H2,27,28,29,30,31). The van der Waals surface area contributed by atoms with Crippen LogP contribution in [0.2, 0.25) is 0 Å². The van der Waals surface area contributed by atoms with Gasteiger partial charge >= 0.3 is 0 Å². The quantitative estimate of drug-likeness (QED) is 0.397. The van der Waals surface area contributed by atoms with Crippen LogP contribution in [0.15, 0.2) is 46.5 Å². The molecule has 3 N–H and O–H groups in total. The Kier molecular flexibility index (Phi) is 7.19. The van der Waals surface area contributed by atoms with Gasteiger partial charge in [-0.15, -0.1) is 0 Å². The number of likely N-dealkylation sites (tertiary alicyclic amines) is 1. The van der Waals surface area contributed by atoms with Gasteiger partial charge in [-0.25, -0.2) is 9.97 Å². The van der Waals surface area contributed by atoms with Crippen molar-refractivity contribution < 1.29 is 4.79 Å². The van der Waals surface area contributed by atoms with Crippen molar-refractivity contribution >= 4 is 40.8 Å². The maximum Gasteiger partial charge on any atom is 0.224 e. The van der Waals surface area contributed by atoms with E-state index in [0.29, 0.717) is 17.6 Å². The zero-order valence-corrected chi connectivity index (χ0v) is 21.1. The first-order chi connectivity index (χ1) is 17.1. The number of aromatic nitrogens is 4. The molecular formula is C25H32N8OS. The SMILES string of the molecule is CCC(=O)Nc1ccc(Sc2nc(Nc3cc(C)[nH]n3)cc(N3CCC(N4CCCC4)C3)n2)cc1. The number of rotatable bonds is 8. The molecule has 2 saturated heterocycles. The van der Waals surface area contributed by atoms with Gasteiger partial charge in [0.2, 0.25) is 5.91 Å². The van der Waals surface area contributed by atoms with Gasteiger partial charge in [0.25, 0.3) is 0 Å². The van der Waals surface area contributed by atoms with Gasteiger partial charge in [-0.2, -0.15) is 5.10 Å². The van der Waals surface area contributed by atoms with E-state index >= 15 is 0 Å². The van der Waals surface area contributed by atoms with Gasteiger partial charge < -0.3 is 15.5 Å². The van der Waals surface area contributed by atoms with E-state index in [1.807, 2.05) is 50.2 Å². The number of H-pyrrole nitrogens is 1. The van der Waals surface area contributed by atoms with E-state index in [-0.39, 0.29) is 5.91 Å². The van der Waals surface area contributed by atoms with Gasteiger partial charge in [0.15, 0.2) is 11.0 Å². The fourth-order valence-corrected chi connectivity index (χ4v) is 5.38. The van der Waals surface area contributed by atoms with Crippen LogP contribution in [-0.2, 0) is 4.79 Å². The van der Waals surface area contributed by atoms with Crippen molar-refractivity contribution in [2.45, 2.75) is 55.6 Å². The summed E-state index contributed by atoms with van der Waals surface area (Å²) < 4.78 is 0. The van der Waals surface area contributed by atoms with Gasteiger partial charge in [-0.1, -0.05) is 6.92 Å². The number of aromatic amines is 1. The molecule has 0 radical (unpaired) electrons. The van der Waals surface area contributed by atoms with Gasteiger partial charge in [0.05, 0.1) is 0 Å². The van der Waals surface area contributed by atoms with Crippen molar-refractivity contribution in [2.75, 3.05) is 41.7 Å². The minimum Gasteiger partial charge on any atom is -0.355 e. The highest BCUT2D eigenvalue weighted by Gasteiger charge is 2.30. The molecule has 2 aromatic heterocycles. The number of benzene rings is 1. The molecule has 35 heavy (non-hydrogen) atoms. The van der Waals surface area contributed by atoms with Crippen LogP contribution in [0.3, 0.4) is 0 Å². The highest BCUT2D eigenvalue weighted by atomic mass is 32.2. The second kappa shape index (κ2) is 10.7. The van der Waals surface area contributed by atoms with Crippen molar-refractivity contribution in [1.82, 2.24) is 25.1 Å². The van der Waals surface area contributed by atoms with E-state index in [4.69, 9.17) is 9.97 Å². The Bertz CT molecular complexity index is 1160. The van der Waals surface area contributed by atoms with Crippen molar-refractivity contribution in [3.8, 4) is 0 Å². The molecule has 3 aromatic rings. The molecule has 2 fully saturated rings. The lowest BCUT2D eigenvalue weighted by Gasteiger charge is -2.24. The normalized spacial score (nSPS) is 18.2. The Morgan fingerprint density at radius 2 is 1.91 bits per heavy atom. The maximum atomic E-state index is 11.7. The van der Waals surface area contributed by atoms with E-state index < -0.39 is 0 Å². The molecule has 1 amide bonds. The minimum absolute atomic E-state index is 0.00334. The first-order valence-electron chi connectivity index (χ1n) is 12.3. The molecule has 2 aliphatic rings. The highest BCUT2D eigenvalue weighted by molar-refractivity contribution is 7.99. The Morgan fingerprint density at radius 1 is 1.11 bits per heavy atom. The van der Waals surface area contributed by atoms with E-state index in [1.54, 1.807) is 0 Å². The number of nitrogens with zero attached hydrogens (tertiary/aromatic N) is 5. The van der Waals surface area contributed by atoms with Crippen molar-refractivity contribution in [3.05, 3.63) is 42.1 Å². The molecule has 2 aliphatic heterocycles. The number of hydrogen-bond donors (Lipinski definition) is 3. The summed E-state index contributed by atoms with van der Waals surface area (Å²) in [6.45, 7) is 8.23. The van der Waals surface area contributed by atoms with Crippen LogP contribution >= 0.6 is 11.8 Å². The van der Waals surface area contributed by atoms with E-state index in [0.717, 1.165) is 46.8 Å². The van der Waals surface area contributed by atoms with Crippen molar-refractivity contribution in [3.63, 3.8) is 0 Å². The predicted octanol–water partition coefficient (Wildman–Crippen LogP) is 4.43. The predicted molar refractivity (Wildman–Crippen MR) is 140 cm³/mol. The Morgan fingerprint density at radius 3 is 2.63 bits per heavy atom. The zero-order valence-electron chi connectivity index (χ0n) is 20.3. The molecule has 0 aliphatic carbocycles.